The molecule has 43 heavy (non-hydrogen) atoms. The average molecular weight is 592 g/mol. The largest absolute Gasteiger partial charge is 0.351 e. The molecule has 4 aliphatic rings. The lowest BCUT2D eigenvalue weighted by Crippen LogP contribution is -2.53. The zero-order chi connectivity index (χ0) is 29.5. The molecule has 4 amide bonds. The van der Waals surface area contributed by atoms with Gasteiger partial charge in [0, 0.05) is 42.7 Å². The summed E-state index contributed by atoms with van der Waals surface area (Å²) in [5.74, 6) is -0.156. The standard InChI is InChI=1S/C32H29N7O3S/c33-17-21(15-19-8-9-19)31(41)38-14-4-7-22(18-38)36-29(40)28-27-26-25(11-13-35-30(26)43-28)39(32(42)37-27)23-10-12-34-24(16-23)20-5-2-1-3-6-20/h1-3,5-6,10-13,15-16,19,22,27-28H,4,7-9,14,18H2,(H,36,40)(H,37,42)/b21-15+/t22?,27?,28-/m1/s1. The molecule has 2 unspecified atom stereocenters. The highest BCUT2D eigenvalue weighted by Gasteiger charge is 2.47. The zero-order valence-electron chi connectivity index (χ0n) is 23.3. The first kappa shape index (κ1) is 27.2. The number of pyridine rings is 2. The maximum Gasteiger partial charge on any atom is 0.327 e. The fourth-order valence-electron chi connectivity index (χ4n) is 5.99. The second-order valence-electron chi connectivity index (χ2n) is 11.2. The van der Waals surface area contributed by atoms with Crippen molar-refractivity contribution in [1.29, 1.82) is 5.26 Å². The summed E-state index contributed by atoms with van der Waals surface area (Å²) in [5.41, 5.74) is 4.04. The number of amides is 4. The number of benzene rings is 1. The summed E-state index contributed by atoms with van der Waals surface area (Å²) in [6.45, 7) is 0.903. The molecule has 3 atom stereocenters. The van der Waals surface area contributed by atoms with Crippen LogP contribution in [0.25, 0.3) is 11.3 Å². The lowest BCUT2D eigenvalue weighted by Gasteiger charge is -2.36. The van der Waals surface area contributed by atoms with E-state index >= 15 is 0 Å². The molecule has 0 bridgehead atoms. The molecular weight excluding hydrogens is 562 g/mol. The number of carbonyl (C=O) groups excluding carboxylic acids is 3. The number of aromatic nitrogens is 2. The smallest absolute Gasteiger partial charge is 0.327 e. The Bertz CT molecular complexity index is 1680. The Hall–Kier alpha value is -4.69. The summed E-state index contributed by atoms with van der Waals surface area (Å²) in [6, 6.07) is 16.2. The SMILES string of the molecule is N#C/C(=C\C1CC1)C(=O)N1CCCC(NC(=O)[C@@H]2Sc3nccc4c3C2NC(=O)N4c2ccnc(-c3ccccc3)c2)C1. The van der Waals surface area contributed by atoms with Crippen LogP contribution < -0.4 is 15.5 Å². The van der Waals surface area contributed by atoms with Crippen LogP contribution in [0.3, 0.4) is 0 Å². The van der Waals surface area contributed by atoms with Gasteiger partial charge in [-0.2, -0.15) is 5.26 Å². The third kappa shape index (κ3) is 5.23. The molecule has 1 aromatic carbocycles. The third-order valence-corrected chi connectivity index (χ3v) is 9.55. The number of anilines is 2. The van der Waals surface area contributed by atoms with Gasteiger partial charge < -0.3 is 15.5 Å². The van der Waals surface area contributed by atoms with Crippen LogP contribution >= 0.6 is 11.8 Å². The molecule has 0 spiro atoms. The minimum absolute atomic E-state index is 0.189. The highest BCUT2D eigenvalue weighted by Crippen LogP contribution is 2.50. The Morgan fingerprint density at radius 3 is 2.70 bits per heavy atom. The van der Waals surface area contributed by atoms with Gasteiger partial charge in [0.25, 0.3) is 5.91 Å². The molecular formula is C32H29N7O3S. The van der Waals surface area contributed by atoms with E-state index in [1.807, 2.05) is 36.4 Å². The van der Waals surface area contributed by atoms with E-state index in [2.05, 4.69) is 26.7 Å². The first-order chi connectivity index (χ1) is 21.0. The Morgan fingerprint density at radius 1 is 1.09 bits per heavy atom. The first-order valence-electron chi connectivity index (χ1n) is 14.5. The molecule has 3 aromatic rings. The van der Waals surface area contributed by atoms with Gasteiger partial charge in [0.1, 0.15) is 21.9 Å². The van der Waals surface area contributed by atoms with Crippen molar-refractivity contribution in [3.8, 4) is 17.3 Å². The summed E-state index contributed by atoms with van der Waals surface area (Å²) < 4.78 is 0. The minimum Gasteiger partial charge on any atom is -0.351 e. The number of nitrogens with one attached hydrogen (secondary N) is 2. The second kappa shape index (κ2) is 11.2. The average Bonchev–Trinajstić information content (AvgIpc) is 3.79. The van der Waals surface area contributed by atoms with Crippen LogP contribution in [-0.2, 0) is 9.59 Å². The summed E-state index contributed by atoms with van der Waals surface area (Å²) >= 11 is 1.34. The molecule has 3 aliphatic heterocycles. The van der Waals surface area contributed by atoms with E-state index in [0.29, 0.717) is 35.4 Å². The number of nitriles is 1. The third-order valence-electron chi connectivity index (χ3n) is 8.27. The van der Waals surface area contributed by atoms with E-state index < -0.39 is 11.3 Å². The molecule has 2 fully saturated rings. The van der Waals surface area contributed by atoms with E-state index in [1.54, 1.807) is 40.4 Å². The van der Waals surface area contributed by atoms with Gasteiger partial charge in [-0.25, -0.2) is 9.78 Å². The number of likely N-dealkylation sites (tertiary alicyclic amines) is 1. The minimum atomic E-state index is -0.609. The first-order valence-corrected chi connectivity index (χ1v) is 15.4. The molecule has 2 aromatic heterocycles. The molecule has 11 heteroatoms. The molecule has 1 saturated heterocycles. The number of carbonyl (C=O) groups is 3. The van der Waals surface area contributed by atoms with E-state index in [-0.39, 0.29) is 29.5 Å². The number of nitrogens with zero attached hydrogens (tertiary/aromatic N) is 5. The van der Waals surface area contributed by atoms with Crippen molar-refractivity contribution >= 4 is 41.0 Å². The van der Waals surface area contributed by atoms with Gasteiger partial charge in [-0.15, -0.1) is 0 Å². The van der Waals surface area contributed by atoms with Crippen molar-refractivity contribution < 1.29 is 14.4 Å². The van der Waals surface area contributed by atoms with Crippen LogP contribution in [0.4, 0.5) is 16.2 Å². The van der Waals surface area contributed by atoms with Gasteiger partial charge >= 0.3 is 6.03 Å². The number of hydrogen-bond acceptors (Lipinski definition) is 7. The molecule has 0 radical (unpaired) electrons. The molecule has 7 rings (SSSR count). The summed E-state index contributed by atoms with van der Waals surface area (Å²) in [4.78, 5) is 52.6. The van der Waals surface area contributed by atoms with E-state index in [0.717, 1.165) is 42.5 Å². The van der Waals surface area contributed by atoms with Crippen molar-refractivity contribution in [2.24, 2.45) is 5.92 Å². The monoisotopic (exact) mass is 591 g/mol. The van der Waals surface area contributed by atoms with Crippen molar-refractivity contribution in [3.63, 3.8) is 0 Å². The topological polar surface area (TPSA) is 131 Å². The Morgan fingerprint density at radius 2 is 1.91 bits per heavy atom. The van der Waals surface area contributed by atoms with Crippen LogP contribution in [-0.4, -0.2) is 57.1 Å². The molecule has 10 nitrogen and oxygen atoms in total. The number of thioether (sulfide) groups is 1. The van der Waals surface area contributed by atoms with Crippen molar-refractivity contribution in [3.05, 3.63) is 78.1 Å². The molecule has 216 valence electrons. The fraction of sp³-hybridized carbons (Fsp3) is 0.312. The van der Waals surface area contributed by atoms with Crippen molar-refractivity contribution in [1.82, 2.24) is 25.5 Å². The Kier molecular flexibility index (Phi) is 7.07. The zero-order valence-corrected chi connectivity index (χ0v) is 24.1. The normalized spacial score (nSPS) is 22.8. The van der Waals surface area contributed by atoms with Gasteiger partial charge in [0.05, 0.1) is 23.1 Å². The number of allylic oxidation sites excluding steroid dienone is 1. The van der Waals surface area contributed by atoms with E-state index in [1.165, 1.54) is 11.8 Å². The summed E-state index contributed by atoms with van der Waals surface area (Å²) in [7, 11) is 0. The van der Waals surface area contributed by atoms with Crippen LogP contribution in [0.2, 0.25) is 0 Å². The molecule has 1 saturated carbocycles. The number of rotatable bonds is 6. The quantitative estimate of drug-likeness (QED) is 0.319. The maximum atomic E-state index is 13.7. The van der Waals surface area contributed by atoms with Crippen molar-refractivity contribution in [2.75, 3.05) is 18.0 Å². The van der Waals surface area contributed by atoms with Crippen LogP contribution in [0.5, 0.6) is 0 Å². The predicted molar refractivity (Wildman–Crippen MR) is 161 cm³/mol. The second-order valence-corrected chi connectivity index (χ2v) is 12.4. The van der Waals surface area contributed by atoms with E-state index in [4.69, 9.17) is 0 Å². The summed E-state index contributed by atoms with van der Waals surface area (Å²) in [6.07, 6.45) is 8.62. The van der Waals surface area contributed by atoms with Crippen LogP contribution in [0.15, 0.2) is 77.6 Å². The lowest BCUT2D eigenvalue weighted by molar-refractivity contribution is -0.129. The molecule has 5 heterocycles. The van der Waals surface area contributed by atoms with Gasteiger partial charge in [0.15, 0.2) is 0 Å². The molecule has 1 aliphatic carbocycles. The maximum absolute atomic E-state index is 13.7. The van der Waals surface area contributed by atoms with Crippen LogP contribution in [0.1, 0.15) is 37.3 Å². The van der Waals surface area contributed by atoms with Gasteiger partial charge in [-0.05, 0) is 49.8 Å². The van der Waals surface area contributed by atoms with Gasteiger partial charge in [0.2, 0.25) is 5.91 Å². The molecule has 2 N–H and O–H groups in total. The number of piperidine rings is 1. The highest BCUT2D eigenvalue weighted by atomic mass is 32.2. The summed E-state index contributed by atoms with van der Waals surface area (Å²) in [5, 5.41) is 15.8. The fourth-order valence-corrected chi connectivity index (χ4v) is 7.23. The number of hydrogen-bond donors (Lipinski definition) is 2. The van der Waals surface area contributed by atoms with Crippen LogP contribution in [0, 0.1) is 17.2 Å². The highest BCUT2D eigenvalue weighted by molar-refractivity contribution is 8.01. The van der Waals surface area contributed by atoms with E-state index in [9.17, 15) is 19.6 Å². The van der Waals surface area contributed by atoms with Gasteiger partial charge in [-0.1, -0.05) is 48.2 Å². The van der Waals surface area contributed by atoms with Gasteiger partial charge in [-0.3, -0.25) is 19.5 Å². The number of urea groups is 1. The predicted octanol–water partition coefficient (Wildman–Crippen LogP) is 4.49. The van der Waals surface area contributed by atoms with Crippen molar-refractivity contribution in [2.45, 2.75) is 48.0 Å². The lowest BCUT2D eigenvalue weighted by atomic mass is 9.99. The Labute approximate surface area is 253 Å². The Balaban J connectivity index is 1.09.